The molecule has 0 N–H and O–H groups in total. The fourth-order valence-electron chi connectivity index (χ4n) is 1.79. The van der Waals surface area contributed by atoms with E-state index in [0.717, 1.165) is 18.2 Å². The molecule has 2 aromatic carbocycles. The Kier molecular flexibility index (Phi) is 3.81. The second kappa shape index (κ2) is 5.25. The van der Waals surface area contributed by atoms with E-state index in [1.165, 1.54) is 18.2 Å². The average Bonchev–Trinajstić information content (AvgIpc) is 2.37. The summed E-state index contributed by atoms with van der Waals surface area (Å²) in [5, 5.41) is -1.03. The van der Waals surface area contributed by atoms with Crippen LogP contribution >= 0.6 is 11.6 Å². The highest BCUT2D eigenvalue weighted by Gasteiger charge is 2.31. The molecule has 2 aromatic rings. The lowest BCUT2D eigenvalue weighted by molar-refractivity contribution is -0.137. The van der Waals surface area contributed by atoms with Crippen LogP contribution in [0, 0.1) is 5.82 Å². The van der Waals surface area contributed by atoms with Crippen LogP contribution in [0.5, 0.6) is 0 Å². The van der Waals surface area contributed by atoms with Gasteiger partial charge in [-0.2, -0.15) is 13.2 Å². The third-order valence-corrected chi connectivity index (χ3v) is 2.90. The second-order valence-electron chi connectivity index (χ2n) is 4.04. The van der Waals surface area contributed by atoms with Crippen molar-refractivity contribution < 1.29 is 22.4 Å². The number of carbonyl (C=O) groups is 1. The Bertz CT molecular complexity index is 664. The molecule has 0 fully saturated rings. The van der Waals surface area contributed by atoms with E-state index >= 15 is 0 Å². The fraction of sp³-hybridized carbons (Fsp3) is 0.0714. The summed E-state index contributed by atoms with van der Waals surface area (Å²) in [5.74, 6) is -0.560. The van der Waals surface area contributed by atoms with Crippen molar-refractivity contribution in [2.45, 2.75) is 6.18 Å². The summed E-state index contributed by atoms with van der Waals surface area (Å²) < 4.78 is 51.0. The van der Waals surface area contributed by atoms with Crippen molar-refractivity contribution in [3.05, 3.63) is 59.4 Å². The largest absolute Gasteiger partial charge is 0.416 e. The van der Waals surface area contributed by atoms with Crippen LogP contribution in [-0.2, 0) is 6.18 Å². The third kappa shape index (κ3) is 2.99. The fourth-order valence-corrected chi connectivity index (χ4v) is 1.95. The van der Waals surface area contributed by atoms with Crippen molar-refractivity contribution in [1.82, 2.24) is 0 Å². The number of alkyl halides is 3. The predicted molar refractivity (Wildman–Crippen MR) is 67.0 cm³/mol. The van der Waals surface area contributed by atoms with Crippen LogP contribution in [0.25, 0.3) is 11.1 Å². The summed E-state index contributed by atoms with van der Waals surface area (Å²) in [5.41, 5.74) is -0.867. The Labute approximate surface area is 116 Å². The molecule has 0 radical (unpaired) electrons. The van der Waals surface area contributed by atoms with Crippen LogP contribution in [0.1, 0.15) is 15.9 Å². The maximum atomic E-state index is 13.2. The molecule has 20 heavy (non-hydrogen) atoms. The number of hydrogen-bond donors (Lipinski definition) is 0. The van der Waals surface area contributed by atoms with Crippen molar-refractivity contribution in [2.24, 2.45) is 0 Å². The molecule has 0 heterocycles. The summed E-state index contributed by atoms with van der Waals surface area (Å²) >= 11 is 5.32. The standard InChI is InChI=1S/C14H7ClF4O/c15-13(20)12-7-9(14(17,18)19)4-5-11(12)8-2-1-3-10(16)6-8/h1-7H. The van der Waals surface area contributed by atoms with Crippen LogP contribution in [0.3, 0.4) is 0 Å². The maximum Gasteiger partial charge on any atom is 0.416 e. The Hall–Kier alpha value is -1.88. The van der Waals surface area contributed by atoms with E-state index in [-0.39, 0.29) is 16.7 Å². The quantitative estimate of drug-likeness (QED) is 0.570. The molecular weight excluding hydrogens is 296 g/mol. The van der Waals surface area contributed by atoms with E-state index in [1.54, 1.807) is 0 Å². The molecule has 104 valence electrons. The van der Waals surface area contributed by atoms with Gasteiger partial charge in [0.1, 0.15) is 5.82 Å². The first-order valence-electron chi connectivity index (χ1n) is 5.46. The van der Waals surface area contributed by atoms with E-state index in [2.05, 4.69) is 0 Å². The van der Waals surface area contributed by atoms with Gasteiger partial charge in [0.2, 0.25) is 0 Å². The van der Waals surface area contributed by atoms with Crippen LogP contribution < -0.4 is 0 Å². The highest BCUT2D eigenvalue weighted by Crippen LogP contribution is 2.34. The first kappa shape index (κ1) is 14.5. The minimum Gasteiger partial charge on any atom is -0.276 e. The van der Waals surface area contributed by atoms with Gasteiger partial charge in [0.05, 0.1) is 5.56 Å². The lowest BCUT2D eigenvalue weighted by atomic mass is 9.98. The van der Waals surface area contributed by atoms with Gasteiger partial charge in [-0.3, -0.25) is 4.79 Å². The van der Waals surface area contributed by atoms with Crippen molar-refractivity contribution >= 4 is 16.8 Å². The summed E-state index contributed by atoms with van der Waals surface area (Å²) in [6.45, 7) is 0. The monoisotopic (exact) mass is 302 g/mol. The number of carbonyl (C=O) groups excluding carboxylic acids is 1. The number of rotatable bonds is 2. The van der Waals surface area contributed by atoms with Gasteiger partial charge < -0.3 is 0 Å². The van der Waals surface area contributed by atoms with Gasteiger partial charge in [-0.05, 0) is 47.0 Å². The summed E-state index contributed by atoms with van der Waals surface area (Å²) in [6, 6.07) is 7.77. The van der Waals surface area contributed by atoms with Gasteiger partial charge in [0.15, 0.2) is 0 Å². The molecule has 0 atom stereocenters. The van der Waals surface area contributed by atoms with Gasteiger partial charge in [-0.15, -0.1) is 0 Å². The predicted octanol–water partition coefficient (Wildman–Crippen LogP) is 4.89. The topological polar surface area (TPSA) is 17.1 Å². The van der Waals surface area contributed by atoms with Gasteiger partial charge in [0, 0.05) is 5.56 Å². The molecule has 1 nitrogen and oxygen atoms in total. The minimum absolute atomic E-state index is 0.150. The summed E-state index contributed by atoms with van der Waals surface area (Å²) in [7, 11) is 0. The molecule has 0 saturated heterocycles. The van der Waals surface area contributed by atoms with Crippen molar-refractivity contribution in [1.29, 1.82) is 0 Å². The zero-order chi connectivity index (χ0) is 14.9. The zero-order valence-electron chi connectivity index (χ0n) is 9.84. The van der Waals surface area contributed by atoms with Gasteiger partial charge in [-0.1, -0.05) is 18.2 Å². The first-order chi connectivity index (χ1) is 9.29. The smallest absolute Gasteiger partial charge is 0.276 e. The lowest BCUT2D eigenvalue weighted by Crippen LogP contribution is -2.07. The molecule has 0 bridgehead atoms. The normalized spacial score (nSPS) is 11.4. The molecular formula is C14H7ClF4O. The molecule has 0 amide bonds. The second-order valence-corrected chi connectivity index (χ2v) is 4.39. The van der Waals surface area contributed by atoms with E-state index in [1.807, 2.05) is 0 Å². The first-order valence-corrected chi connectivity index (χ1v) is 5.84. The number of halogens is 5. The molecule has 0 unspecified atom stereocenters. The summed E-state index contributed by atoms with van der Waals surface area (Å²) in [6.07, 6.45) is -4.58. The van der Waals surface area contributed by atoms with Crippen molar-refractivity contribution in [3.8, 4) is 11.1 Å². The maximum absolute atomic E-state index is 13.2. The van der Waals surface area contributed by atoms with E-state index < -0.39 is 22.8 Å². The minimum atomic E-state index is -4.58. The van der Waals surface area contributed by atoms with E-state index in [0.29, 0.717) is 6.07 Å². The third-order valence-electron chi connectivity index (χ3n) is 2.69. The zero-order valence-corrected chi connectivity index (χ0v) is 10.6. The Balaban J connectivity index is 2.62. The molecule has 0 spiro atoms. The van der Waals surface area contributed by atoms with E-state index in [4.69, 9.17) is 11.6 Å². The van der Waals surface area contributed by atoms with E-state index in [9.17, 15) is 22.4 Å². The Morgan fingerprint density at radius 1 is 1.05 bits per heavy atom. The Morgan fingerprint density at radius 3 is 2.30 bits per heavy atom. The molecule has 0 aliphatic heterocycles. The van der Waals surface area contributed by atoms with Crippen LogP contribution in [0.4, 0.5) is 17.6 Å². The SMILES string of the molecule is O=C(Cl)c1cc(C(F)(F)F)ccc1-c1cccc(F)c1. The molecule has 0 aliphatic rings. The lowest BCUT2D eigenvalue weighted by Gasteiger charge is -2.11. The van der Waals surface area contributed by atoms with Crippen molar-refractivity contribution in [3.63, 3.8) is 0 Å². The number of hydrogen-bond acceptors (Lipinski definition) is 1. The molecule has 0 aromatic heterocycles. The van der Waals surface area contributed by atoms with Crippen LogP contribution in [0.2, 0.25) is 0 Å². The van der Waals surface area contributed by atoms with Gasteiger partial charge >= 0.3 is 6.18 Å². The highest BCUT2D eigenvalue weighted by atomic mass is 35.5. The van der Waals surface area contributed by atoms with Gasteiger partial charge in [0.25, 0.3) is 5.24 Å². The average molecular weight is 303 g/mol. The highest BCUT2D eigenvalue weighted by molar-refractivity contribution is 6.68. The molecule has 2 rings (SSSR count). The molecule has 0 saturated carbocycles. The van der Waals surface area contributed by atoms with Crippen molar-refractivity contribution in [2.75, 3.05) is 0 Å². The summed E-state index contributed by atoms with van der Waals surface area (Å²) in [4.78, 5) is 11.3. The number of benzene rings is 2. The molecule has 0 aliphatic carbocycles. The molecule has 6 heteroatoms. The van der Waals surface area contributed by atoms with Crippen LogP contribution in [0.15, 0.2) is 42.5 Å². The Morgan fingerprint density at radius 2 is 1.75 bits per heavy atom. The van der Waals surface area contributed by atoms with Crippen LogP contribution in [-0.4, -0.2) is 5.24 Å². The van der Waals surface area contributed by atoms with Gasteiger partial charge in [-0.25, -0.2) is 4.39 Å².